The highest BCUT2D eigenvalue weighted by Crippen LogP contribution is 2.19. The Balaban J connectivity index is 1.70. The lowest BCUT2D eigenvalue weighted by atomic mass is 10.2. The molecule has 2 aromatic heterocycles. The Morgan fingerprint density at radius 1 is 1.21 bits per heavy atom. The first-order valence-electron chi connectivity index (χ1n) is 7.20. The summed E-state index contributed by atoms with van der Waals surface area (Å²) in [6, 6.07) is 5.83. The molecule has 1 N–H and O–H groups in total. The van der Waals surface area contributed by atoms with Gasteiger partial charge in [-0.3, -0.25) is 4.79 Å². The number of halogens is 1. The van der Waals surface area contributed by atoms with Gasteiger partial charge in [0.25, 0.3) is 17.6 Å². The minimum atomic E-state index is -0.486. The molecule has 3 rings (SSSR count). The number of hydrogen-bond acceptors (Lipinski definition) is 6. The van der Waals surface area contributed by atoms with Crippen LogP contribution in [0.25, 0.3) is 11.5 Å². The number of aryl methyl sites for hydroxylation is 2. The SMILES string of the molecule is Cc1ncc(-c2nc(C(=O)NCc3ccc(F)cc3)no2)c(C)n1. The molecule has 0 aliphatic carbocycles. The molecule has 0 spiro atoms. The van der Waals surface area contributed by atoms with E-state index in [4.69, 9.17) is 4.52 Å². The van der Waals surface area contributed by atoms with Crippen molar-refractivity contribution in [3.63, 3.8) is 0 Å². The van der Waals surface area contributed by atoms with E-state index >= 15 is 0 Å². The zero-order valence-electron chi connectivity index (χ0n) is 13.1. The number of carbonyl (C=O) groups is 1. The van der Waals surface area contributed by atoms with E-state index in [1.165, 1.54) is 12.1 Å². The van der Waals surface area contributed by atoms with Gasteiger partial charge in [-0.1, -0.05) is 17.3 Å². The molecule has 24 heavy (non-hydrogen) atoms. The molecule has 0 fully saturated rings. The Labute approximate surface area is 137 Å². The number of nitrogens with zero attached hydrogens (tertiary/aromatic N) is 4. The van der Waals surface area contributed by atoms with Gasteiger partial charge in [-0.15, -0.1) is 0 Å². The average Bonchev–Trinajstić information content (AvgIpc) is 3.04. The summed E-state index contributed by atoms with van der Waals surface area (Å²) in [5, 5.41) is 6.31. The molecule has 0 bridgehead atoms. The van der Waals surface area contributed by atoms with Gasteiger partial charge >= 0.3 is 0 Å². The van der Waals surface area contributed by atoms with Crippen molar-refractivity contribution in [3.05, 3.63) is 59.2 Å². The van der Waals surface area contributed by atoms with Gasteiger partial charge in [0.2, 0.25) is 0 Å². The minimum Gasteiger partial charge on any atom is -0.345 e. The quantitative estimate of drug-likeness (QED) is 0.789. The third kappa shape index (κ3) is 3.43. The first kappa shape index (κ1) is 15.7. The predicted octanol–water partition coefficient (Wildman–Crippen LogP) is 2.21. The molecule has 1 amide bonds. The van der Waals surface area contributed by atoms with Crippen molar-refractivity contribution in [1.82, 2.24) is 25.4 Å². The lowest BCUT2D eigenvalue weighted by Gasteiger charge is -2.02. The third-order valence-electron chi connectivity index (χ3n) is 3.33. The maximum atomic E-state index is 12.8. The van der Waals surface area contributed by atoms with Gasteiger partial charge in [-0.2, -0.15) is 4.98 Å². The van der Waals surface area contributed by atoms with Crippen molar-refractivity contribution < 1.29 is 13.7 Å². The summed E-state index contributed by atoms with van der Waals surface area (Å²) in [5.74, 6) is -0.0943. The Hall–Kier alpha value is -3.16. The van der Waals surface area contributed by atoms with Crippen LogP contribution in [0.1, 0.15) is 27.7 Å². The normalized spacial score (nSPS) is 10.6. The summed E-state index contributed by atoms with van der Waals surface area (Å²) in [7, 11) is 0. The monoisotopic (exact) mass is 327 g/mol. The van der Waals surface area contributed by atoms with Crippen LogP contribution in [0.3, 0.4) is 0 Å². The van der Waals surface area contributed by atoms with E-state index in [0.717, 1.165) is 5.56 Å². The molecule has 122 valence electrons. The van der Waals surface area contributed by atoms with E-state index in [1.807, 2.05) is 0 Å². The second kappa shape index (κ2) is 6.53. The standard InChI is InChI=1S/C16H14FN5O2/c1-9-13(8-18-10(2)20-9)16-21-14(22-24-16)15(23)19-7-11-3-5-12(17)6-4-11/h3-6,8H,7H2,1-2H3,(H,19,23). The fourth-order valence-corrected chi connectivity index (χ4v) is 2.08. The van der Waals surface area contributed by atoms with E-state index in [9.17, 15) is 9.18 Å². The van der Waals surface area contributed by atoms with Gasteiger partial charge in [0, 0.05) is 12.7 Å². The van der Waals surface area contributed by atoms with Crippen LogP contribution in [0.15, 0.2) is 35.0 Å². The van der Waals surface area contributed by atoms with E-state index in [0.29, 0.717) is 17.1 Å². The molecular weight excluding hydrogens is 313 g/mol. The highest BCUT2D eigenvalue weighted by Gasteiger charge is 2.17. The van der Waals surface area contributed by atoms with Crippen LogP contribution in [0.4, 0.5) is 4.39 Å². The molecule has 0 saturated carbocycles. The first-order chi connectivity index (χ1) is 11.5. The van der Waals surface area contributed by atoms with E-state index < -0.39 is 5.91 Å². The summed E-state index contributed by atoms with van der Waals surface area (Å²) < 4.78 is 18.0. The Morgan fingerprint density at radius 2 is 1.96 bits per heavy atom. The highest BCUT2D eigenvalue weighted by atomic mass is 19.1. The Kier molecular flexibility index (Phi) is 4.28. The van der Waals surface area contributed by atoms with Gasteiger partial charge in [0.1, 0.15) is 11.6 Å². The van der Waals surface area contributed by atoms with Gasteiger partial charge in [0.15, 0.2) is 0 Å². The van der Waals surface area contributed by atoms with E-state index in [-0.39, 0.29) is 24.1 Å². The minimum absolute atomic E-state index is 0.0907. The number of nitrogens with one attached hydrogen (secondary N) is 1. The molecule has 0 aliphatic rings. The van der Waals surface area contributed by atoms with Crippen LogP contribution in [0, 0.1) is 19.7 Å². The largest absolute Gasteiger partial charge is 0.345 e. The van der Waals surface area contributed by atoms with Crippen molar-refractivity contribution in [2.45, 2.75) is 20.4 Å². The molecule has 0 aliphatic heterocycles. The maximum Gasteiger partial charge on any atom is 0.292 e. The fraction of sp³-hybridized carbons (Fsp3) is 0.188. The number of hydrogen-bond donors (Lipinski definition) is 1. The Morgan fingerprint density at radius 3 is 2.67 bits per heavy atom. The summed E-state index contributed by atoms with van der Waals surface area (Å²) in [6.45, 7) is 3.80. The molecular formula is C16H14FN5O2. The van der Waals surface area contributed by atoms with Gasteiger partial charge < -0.3 is 9.84 Å². The lowest BCUT2D eigenvalue weighted by Crippen LogP contribution is -2.23. The zero-order valence-corrected chi connectivity index (χ0v) is 13.1. The lowest BCUT2D eigenvalue weighted by molar-refractivity contribution is 0.0937. The number of benzene rings is 1. The predicted molar refractivity (Wildman–Crippen MR) is 82.4 cm³/mol. The van der Waals surface area contributed by atoms with E-state index in [2.05, 4.69) is 25.4 Å². The molecule has 2 heterocycles. The smallest absolute Gasteiger partial charge is 0.292 e. The van der Waals surface area contributed by atoms with E-state index in [1.54, 1.807) is 32.2 Å². The third-order valence-corrected chi connectivity index (χ3v) is 3.33. The number of amides is 1. The molecule has 1 aromatic carbocycles. The molecule has 0 unspecified atom stereocenters. The molecule has 0 saturated heterocycles. The number of carbonyl (C=O) groups excluding carboxylic acids is 1. The van der Waals surface area contributed by atoms with Gasteiger partial charge in [-0.05, 0) is 31.5 Å². The zero-order chi connectivity index (χ0) is 17.1. The number of aromatic nitrogens is 4. The van der Waals surface area contributed by atoms with Crippen LogP contribution in [-0.2, 0) is 6.54 Å². The van der Waals surface area contributed by atoms with Crippen molar-refractivity contribution in [2.24, 2.45) is 0 Å². The van der Waals surface area contributed by atoms with Crippen LogP contribution < -0.4 is 5.32 Å². The Bertz CT molecular complexity index is 876. The second-order valence-electron chi connectivity index (χ2n) is 5.15. The van der Waals surface area contributed by atoms with Gasteiger partial charge in [-0.25, -0.2) is 14.4 Å². The van der Waals surface area contributed by atoms with Crippen LogP contribution in [0.5, 0.6) is 0 Å². The van der Waals surface area contributed by atoms with Crippen LogP contribution in [-0.4, -0.2) is 26.0 Å². The molecule has 3 aromatic rings. The summed E-state index contributed by atoms with van der Waals surface area (Å²) in [5.41, 5.74) is 2.02. The molecule has 7 nitrogen and oxygen atoms in total. The van der Waals surface area contributed by atoms with Crippen molar-refractivity contribution in [3.8, 4) is 11.5 Å². The topological polar surface area (TPSA) is 93.8 Å². The van der Waals surface area contributed by atoms with Crippen LogP contribution in [0.2, 0.25) is 0 Å². The average molecular weight is 327 g/mol. The maximum absolute atomic E-state index is 12.8. The molecule has 0 atom stereocenters. The van der Waals surface area contributed by atoms with Crippen LogP contribution >= 0.6 is 0 Å². The molecule has 0 radical (unpaired) electrons. The fourth-order valence-electron chi connectivity index (χ4n) is 2.08. The number of rotatable bonds is 4. The summed E-state index contributed by atoms with van der Waals surface area (Å²) in [6.07, 6.45) is 1.57. The van der Waals surface area contributed by atoms with Gasteiger partial charge in [0.05, 0.1) is 11.3 Å². The van der Waals surface area contributed by atoms with Crippen molar-refractivity contribution in [1.29, 1.82) is 0 Å². The second-order valence-corrected chi connectivity index (χ2v) is 5.15. The highest BCUT2D eigenvalue weighted by molar-refractivity contribution is 5.90. The van der Waals surface area contributed by atoms with Crippen molar-refractivity contribution in [2.75, 3.05) is 0 Å². The van der Waals surface area contributed by atoms with Crippen molar-refractivity contribution >= 4 is 5.91 Å². The first-order valence-corrected chi connectivity index (χ1v) is 7.20. The molecule has 8 heteroatoms. The summed E-state index contributed by atoms with van der Waals surface area (Å²) in [4.78, 5) is 24.4. The summed E-state index contributed by atoms with van der Waals surface area (Å²) >= 11 is 0.